The molecule has 2 aliphatic rings. The van der Waals surface area contributed by atoms with E-state index in [2.05, 4.69) is 33.8 Å². The number of hydrogen-bond acceptors (Lipinski definition) is 6. The summed E-state index contributed by atoms with van der Waals surface area (Å²) in [6.07, 6.45) is 5.13. The van der Waals surface area contributed by atoms with Crippen LogP contribution in [-0.4, -0.2) is 44.0 Å². The lowest BCUT2D eigenvalue weighted by Gasteiger charge is -2.22. The zero-order valence-corrected chi connectivity index (χ0v) is 14.6. The molecule has 4 nitrogen and oxygen atoms in total. The standard InChI is InChI=1S/C17H20N4S2/c1-2-7-18-15(5-1)17-20-14-6-3-4-13(14)16(21-17)19-10-12-11-22-8-9-23-12/h1-2,5,7,12H,3-4,6,8-11H2,(H,19,20,21). The quantitative estimate of drug-likeness (QED) is 0.918. The van der Waals surface area contributed by atoms with Crippen LogP contribution in [0.15, 0.2) is 24.4 Å². The SMILES string of the molecule is c1ccc(-c2nc3c(c(NCC4CSCCS4)n2)CCC3)nc1. The van der Waals surface area contributed by atoms with Crippen LogP contribution in [0.1, 0.15) is 17.7 Å². The van der Waals surface area contributed by atoms with Crippen LogP contribution in [0.25, 0.3) is 11.5 Å². The van der Waals surface area contributed by atoms with Gasteiger partial charge in [-0.05, 0) is 31.4 Å². The van der Waals surface area contributed by atoms with Crippen molar-refractivity contribution in [2.24, 2.45) is 0 Å². The lowest BCUT2D eigenvalue weighted by molar-refractivity contribution is 0.899. The second-order valence-corrected chi connectivity index (χ2v) is 8.40. The van der Waals surface area contributed by atoms with Crippen LogP contribution in [-0.2, 0) is 12.8 Å². The van der Waals surface area contributed by atoms with Crippen molar-refractivity contribution in [2.75, 3.05) is 29.1 Å². The maximum Gasteiger partial charge on any atom is 0.180 e. The van der Waals surface area contributed by atoms with Crippen LogP contribution >= 0.6 is 23.5 Å². The molecule has 3 heterocycles. The highest BCUT2D eigenvalue weighted by atomic mass is 32.2. The molecule has 1 aliphatic carbocycles. The van der Waals surface area contributed by atoms with Gasteiger partial charge in [0.2, 0.25) is 0 Å². The Balaban J connectivity index is 1.59. The summed E-state index contributed by atoms with van der Waals surface area (Å²) in [6.45, 7) is 0.989. The molecule has 0 radical (unpaired) electrons. The summed E-state index contributed by atoms with van der Waals surface area (Å²) in [5.74, 6) is 5.56. The number of pyridine rings is 1. The van der Waals surface area contributed by atoms with E-state index in [1.54, 1.807) is 6.20 Å². The van der Waals surface area contributed by atoms with Crippen molar-refractivity contribution in [3.8, 4) is 11.5 Å². The maximum absolute atomic E-state index is 4.80. The molecule has 1 saturated heterocycles. The van der Waals surface area contributed by atoms with E-state index in [-0.39, 0.29) is 0 Å². The van der Waals surface area contributed by atoms with Gasteiger partial charge < -0.3 is 5.32 Å². The summed E-state index contributed by atoms with van der Waals surface area (Å²) in [5.41, 5.74) is 3.37. The second-order valence-electron chi connectivity index (χ2n) is 5.84. The number of thioether (sulfide) groups is 2. The van der Waals surface area contributed by atoms with Crippen molar-refractivity contribution >= 4 is 29.3 Å². The fraction of sp³-hybridized carbons (Fsp3) is 0.471. The largest absolute Gasteiger partial charge is 0.369 e. The molecule has 6 heteroatoms. The summed E-state index contributed by atoms with van der Waals surface area (Å²) in [4.78, 5) is 14.0. The van der Waals surface area contributed by atoms with Crippen LogP contribution in [0.5, 0.6) is 0 Å². The first-order valence-electron chi connectivity index (χ1n) is 8.14. The van der Waals surface area contributed by atoms with Gasteiger partial charge in [0, 0.05) is 46.5 Å². The first-order valence-corrected chi connectivity index (χ1v) is 10.3. The molecule has 2 aromatic rings. The Morgan fingerprint density at radius 3 is 3.00 bits per heavy atom. The van der Waals surface area contributed by atoms with Crippen molar-refractivity contribution < 1.29 is 0 Å². The first kappa shape index (κ1) is 15.3. The highest BCUT2D eigenvalue weighted by Gasteiger charge is 2.21. The molecule has 4 rings (SSSR count). The highest BCUT2D eigenvalue weighted by Crippen LogP contribution is 2.30. The van der Waals surface area contributed by atoms with Gasteiger partial charge in [-0.25, -0.2) is 9.97 Å². The van der Waals surface area contributed by atoms with E-state index in [0.29, 0.717) is 5.25 Å². The molecule has 0 amide bonds. The number of aryl methyl sites for hydroxylation is 1. The zero-order chi connectivity index (χ0) is 15.5. The van der Waals surface area contributed by atoms with Crippen molar-refractivity contribution in [3.05, 3.63) is 35.7 Å². The lowest BCUT2D eigenvalue weighted by Crippen LogP contribution is -2.24. The van der Waals surface area contributed by atoms with Crippen LogP contribution < -0.4 is 5.32 Å². The van der Waals surface area contributed by atoms with Crippen LogP contribution in [0.4, 0.5) is 5.82 Å². The maximum atomic E-state index is 4.80. The second kappa shape index (κ2) is 7.09. The molecule has 1 aliphatic heterocycles. The number of rotatable bonds is 4. The monoisotopic (exact) mass is 344 g/mol. The average Bonchev–Trinajstić information content (AvgIpc) is 3.10. The van der Waals surface area contributed by atoms with Gasteiger partial charge in [0.05, 0.1) is 0 Å². The Hall–Kier alpha value is -1.27. The topological polar surface area (TPSA) is 50.7 Å². The van der Waals surface area contributed by atoms with Gasteiger partial charge in [0.25, 0.3) is 0 Å². The Labute approximate surface area is 145 Å². The minimum Gasteiger partial charge on any atom is -0.369 e. The molecule has 120 valence electrons. The van der Waals surface area contributed by atoms with Gasteiger partial charge in [-0.15, -0.1) is 0 Å². The molecule has 0 saturated carbocycles. The molecular formula is C17H20N4S2. The van der Waals surface area contributed by atoms with E-state index in [1.165, 1.54) is 34.9 Å². The summed E-state index contributed by atoms with van der Waals surface area (Å²) < 4.78 is 0. The molecule has 0 spiro atoms. The van der Waals surface area contributed by atoms with Crippen LogP contribution in [0.2, 0.25) is 0 Å². The zero-order valence-electron chi connectivity index (χ0n) is 13.0. The molecular weight excluding hydrogens is 324 g/mol. The van der Waals surface area contributed by atoms with Crippen molar-refractivity contribution in [3.63, 3.8) is 0 Å². The number of nitrogens with one attached hydrogen (secondary N) is 1. The van der Waals surface area contributed by atoms with Gasteiger partial charge >= 0.3 is 0 Å². The molecule has 1 unspecified atom stereocenters. The lowest BCUT2D eigenvalue weighted by atomic mass is 10.2. The van der Waals surface area contributed by atoms with Crippen LogP contribution in [0.3, 0.4) is 0 Å². The molecule has 1 N–H and O–H groups in total. The summed E-state index contributed by atoms with van der Waals surface area (Å²) in [7, 11) is 0. The molecule has 0 aromatic carbocycles. The predicted octanol–water partition coefficient (Wildman–Crippen LogP) is 3.29. The average molecular weight is 345 g/mol. The number of hydrogen-bond donors (Lipinski definition) is 1. The Bertz CT molecular complexity index is 672. The molecule has 1 fully saturated rings. The molecule has 1 atom stereocenters. The van der Waals surface area contributed by atoms with E-state index in [1.807, 2.05) is 18.2 Å². The van der Waals surface area contributed by atoms with Crippen LogP contribution in [0, 0.1) is 0 Å². The number of aromatic nitrogens is 3. The fourth-order valence-corrected chi connectivity index (χ4v) is 5.67. The minimum absolute atomic E-state index is 0.680. The predicted molar refractivity (Wildman–Crippen MR) is 99.3 cm³/mol. The third-order valence-electron chi connectivity index (χ3n) is 4.21. The van der Waals surface area contributed by atoms with E-state index in [0.717, 1.165) is 36.7 Å². The molecule has 23 heavy (non-hydrogen) atoms. The van der Waals surface area contributed by atoms with Gasteiger partial charge in [0.15, 0.2) is 5.82 Å². The Kier molecular flexibility index (Phi) is 4.71. The Morgan fingerprint density at radius 2 is 2.17 bits per heavy atom. The van der Waals surface area contributed by atoms with E-state index < -0.39 is 0 Å². The van der Waals surface area contributed by atoms with Crippen molar-refractivity contribution in [2.45, 2.75) is 24.5 Å². The molecule has 0 bridgehead atoms. The first-order chi connectivity index (χ1) is 11.4. The van der Waals surface area contributed by atoms with Gasteiger partial charge in [-0.1, -0.05) is 6.07 Å². The minimum atomic E-state index is 0.680. The third-order valence-corrected chi connectivity index (χ3v) is 7.05. The van der Waals surface area contributed by atoms with Gasteiger partial charge in [0.1, 0.15) is 11.5 Å². The summed E-state index contributed by atoms with van der Waals surface area (Å²) >= 11 is 4.14. The summed E-state index contributed by atoms with van der Waals surface area (Å²) in [5, 5.41) is 4.29. The number of nitrogens with zero attached hydrogens (tertiary/aromatic N) is 3. The van der Waals surface area contributed by atoms with Crippen molar-refractivity contribution in [1.82, 2.24) is 15.0 Å². The van der Waals surface area contributed by atoms with E-state index >= 15 is 0 Å². The van der Waals surface area contributed by atoms with Gasteiger partial charge in [-0.2, -0.15) is 23.5 Å². The fourth-order valence-electron chi connectivity index (χ4n) is 3.05. The summed E-state index contributed by atoms with van der Waals surface area (Å²) in [6, 6.07) is 5.89. The number of anilines is 1. The molecule has 2 aromatic heterocycles. The Morgan fingerprint density at radius 1 is 1.17 bits per heavy atom. The van der Waals surface area contributed by atoms with E-state index in [9.17, 15) is 0 Å². The smallest absolute Gasteiger partial charge is 0.180 e. The van der Waals surface area contributed by atoms with Crippen molar-refractivity contribution in [1.29, 1.82) is 0 Å². The third kappa shape index (κ3) is 3.48. The van der Waals surface area contributed by atoms with E-state index in [4.69, 9.17) is 9.97 Å². The highest BCUT2D eigenvalue weighted by molar-refractivity contribution is 8.06. The van der Waals surface area contributed by atoms with Gasteiger partial charge in [-0.3, -0.25) is 4.98 Å². The number of fused-ring (bicyclic) bond motifs is 1. The normalized spacial score (nSPS) is 20.3.